The van der Waals surface area contributed by atoms with Gasteiger partial charge in [-0.2, -0.15) is 5.10 Å². The summed E-state index contributed by atoms with van der Waals surface area (Å²) in [7, 11) is 0. The molecule has 100 valence electrons. The van der Waals surface area contributed by atoms with Crippen LogP contribution in [0.1, 0.15) is 6.42 Å². The molecule has 2 rings (SSSR count). The number of aromatic nitrogens is 2. The van der Waals surface area contributed by atoms with E-state index in [1.807, 2.05) is 0 Å². The van der Waals surface area contributed by atoms with Crippen LogP contribution in [0.2, 0.25) is 0 Å². The van der Waals surface area contributed by atoms with Crippen LogP contribution in [0.4, 0.5) is 5.69 Å². The first-order valence-corrected chi connectivity index (χ1v) is 6.85. The highest BCUT2D eigenvalue weighted by atomic mass is 79.9. The van der Waals surface area contributed by atoms with E-state index in [1.165, 1.54) is 4.68 Å². The fraction of sp³-hybridized carbons (Fsp3) is 0.636. The van der Waals surface area contributed by atoms with Gasteiger partial charge in [0.2, 0.25) is 0 Å². The SMILES string of the molecule is O=c1c(Br)c(N2CCCNCC2)cnn1CCO. The van der Waals surface area contributed by atoms with Crippen LogP contribution in [0.3, 0.4) is 0 Å². The van der Waals surface area contributed by atoms with Gasteiger partial charge in [0.1, 0.15) is 4.47 Å². The Morgan fingerprint density at radius 2 is 2.28 bits per heavy atom. The van der Waals surface area contributed by atoms with Gasteiger partial charge >= 0.3 is 0 Å². The highest BCUT2D eigenvalue weighted by Crippen LogP contribution is 2.21. The summed E-state index contributed by atoms with van der Waals surface area (Å²) in [5, 5.41) is 16.3. The zero-order valence-electron chi connectivity index (χ0n) is 10.1. The maximum Gasteiger partial charge on any atom is 0.283 e. The number of halogens is 1. The topological polar surface area (TPSA) is 70.4 Å². The molecule has 0 atom stereocenters. The van der Waals surface area contributed by atoms with Gasteiger partial charge in [-0.1, -0.05) is 0 Å². The number of nitrogens with zero attached hydrogens (tertiary/aromatic N) is 3. The van der Waals surface area contributed by atoms with Crippen molar-refractivity contribution in [3.05, 3.63) is 21.0 Å². The van der Waals surface area contributed by atoms with Gasteiger partial charge in [0.15, 0.2) is 0 Å². The van der Waals surface area contributed by atoms with Gasteiger partial charge in [0.05, 0.1) is 25.0 Å². The molecule has 2 N–H and O–H groups in total. The van der Waals surface area contributed by atoms with Crippen LogP contribution < -0.4 is 15.8 Å². The van der Waals surface area contributed by atoms with E-state index < -0.39 is 0 Å². The van der Waals surface area contributed by atoms with Crippen LogP contribution in [-0.4, -0.2) is 47.7 Å². The predicted octanol–water partition coefficient (Wildman–Crippen LogP) is -0.202. The van der Waals surface area contributed by atoms with Crippen molar-refractivity contribution in [2.24, 2.45) is 0 Å². The number of rotatable bonds is 3. The van der Waals surface area contributed by atoms with E-state index in [2.05, 4.69) is 31.2 Å². The van der Waals surface area contributed by atoms with Crippen LogP contribution in [0.15, 0.2) is 15.5 Å². The van der Waals surface area contributed by atoms with Gasteiger partial charge in [-0.3, -0.25) is 4.79 Å². The number of hydrogen-bond acceptors (Lipinski definition) is 5. The average molecular weight is 317 g/mol. The zero-order valence-corrected chi connectivity index (χ0v) is 11.7. The van der Waals surface area contributed by atoms with Crippen LogP contribution >= 0.6 is 15.9 Å². The molecular weight excluding hydrogens is 300 g/mol. The molecule has 0 saturated carbocycles. The summed E-state index contributed by atoms with van der Waals surface area (Å²) in [5.74, 6) is 0. The van der Waals surface area contributed by atoms with Crippen molar-refractivity contribution in [2.45, 2.75) is 13.0 Å². The Balaban J connectivity index is 2.28. The van der Waals surface area contributed by atoms with Crippen molar-refractivity contribution in [1.29, 1.82) is 0 Å². The van der Waals surface area contributed by atoms with Gasteiger partial charge in [-0.15, -0.1) is 0 Å². The molecule has 0 aromatic carbocycles. The lowest BCUT2D eigenvalue weighted by molar-refractivity contribution is 0.266. The van der Waals surface area contributed by atoms with E-state index in [1.54, 1.807) is 6.20 Å². The van der Waals surface area contributed by atoms with Crippen LogP contribution in [0.25, 0.3) is 0 Å². The summed E-state index contributed by atoms with van der Waals surface area (Å²) in [6.45, 7) is 3.82. The molecule has 1 aromatic heterocycles. The Kier molecular flexibility index (Phi) is 4.73. The minimum absolute atomic E-state index is 0.0909. The maximum atomic E-state index is 12.0. The number of aliphatic hydroxyl groups excluding tert-OH is 1. The summed E-state index contributed by atoms with van der Waals surface area (Å²) in [6, 6.07) is 0. The van der Waals surface area contributed by atoms with Crippen molar-refractivity contribution < 1.29 is 5.11 Å². The summed E-state index contributed by atoms with van der Waals surface area (Å²) in [5.41, 5.74) is 0.636. The summed E-state index contributed by atoms with van der Waals surface area (Å²) in [4.78, 5) is 14.2. The molecule has 1 aromatic rings. The number of anilines is 1. The molecule has 7 heteroatoms. The zero-order chi connectivity index (χ0) is 13.0. The monoisotopic (exact) mass is 316 g/mol. The molecule has 0 bridgehead atoms. The molecule has 1 fully saturated rings. The lowest BCUT2D eigenvalue weighted by Crippen LogP contribution is -2.32. The molecule has 2 heterocycles. The van der Waals surface area contributed by atoms with Gasteiger partial charge < -0.3 is 15.3 Å². The van der Waals surface area contributed by atoms with Crippen molar-refractivity contribution in [2.75, 3.05) is 37.7 Å². The molecule has 0 radical (unpaired) electrons. The molecule has 1 aliphatic heterocycles. The number of hydrogen-bond donors (Lipinski definition) is 2. The summed E-state index contributed by atoms with van der Waals surface area (Å²) in [6.07, 6.45) is 2.73. The van der Waals surface area contributed by atoms with E-state index in [9.17, 15) is 4.79 Å². The average Bonchev–Trinajstić information content (AvgIpc) is 2.64. The smallest absolute Gasteiger partial charge is 0.283 e. The van der Waals surface area contributed by atoms with Crippen molar-refractivity contribution in [3.63, 3.8) is 0 Å². The van der Waals surface area contributed by atoms with Gasteiger partial charge in [-0.25, -0.2) is 4.68 Å². The second kappa shape index (κ2) is 6.31. The molecule has 0 aliphatic carbocycles. The van der Waals surface area contributed by atoms with Crippen molar-refractivity contribution in [3.8, 4) is 0 Å². The highest BCUT2D eigenvalue weighted by molar-refractivity contribution is 9.10. The third kappa shape index (κ3) is 2.90. The lowest BCUT2D eigenvalue weighted by Gasteiger charge is -2.23. The van der Waals surface area contributed by atoms with Gasteiger partial charge in [0, 0.05) is 19.6 Å². The Hall–Kier alpha value is -0.920. The minimum atomic E-state index is -0.196. The second-order valence-electron chi connectivity index (χ2n) is 4.19. The standard InChI is InChI=1S/C11H17BrN4O2/c12-10-9(15-4-1-2-13-3-5-15)8-14-16(6-7-17)11(10)18/h8,13,17H,1-7H2. The minimum Gasteiger partial charge on any atom is -0.394 e. The van der Waals surface area contributed by atoms with Crippen LogP contribution in [0, 0.1) is 0 Å². The third-order valence-corrected chi connectivity index (χ3v) is 3.70. The largest absolute Gasteiger partial charge is 0.394 e. The fourth-order valence-electron chi connectivity index (χ4n) is 2.02. The second-order valence-corrected chi connectivity index (χ2v) is 4.98. The van der Waals surface area contributed by atoms with E-state index >= 15 is 0 Å². The molecule has 0 amide bonds. The summed E-state index contributed by atoms with van der Waals surface area (Å²) >= 11 is 3.35. The maximum absolute atomic E-state index is 12.0. The molecule has 0 unspecified atom stereocenters. The molecule has 1 saturated heterocycles. The number of nitrogens with one attached hydrogen (secondary N) is 1. The quantitative estimate of drug-likeness (QED) is 0.808. The van der Waals surface area contributed by atoms with E-state index in [4.69, 9.17) is 5.11 Å². The fourth-order valence-corrected chi connectivity index (χ4v) is 2.58. The Bertz CT molecular complexity index is 455. The Morgan fingerprint density at radius 3 is 3.06 bits per heavy atom. The van der Waals surface area contributed by atoms with Gasteiger partial charge in [-0.05, 0) is 28.9 Å². The first-order chi connectivity index (χ1) is 8.74. The first kappa shape index (κ1) is 13.5. The highest BCUT2D eigenvalue weighted by Gasteiger charge is 2.16. The Labute approximate surface area is 114 Å². The first-order valence-electron chi connectivity index (χ1n) is 6.06. The molecule has 18 heavy (non-hydrogen) atoms. The van der Waals surface area contributed by atoms with Crippen LogP contribution in [-0.2, 0) is 6.54 Å². The van der Waals surface area contributed by atoms with Gasteiger partial charge in [0.25, 0.3) is 5.56 Å². The van der Waals surface area contributed by atoms with E-state index in [0.717, 1.165) is 38.3 Å². The molecule has 0 spiro atoms. The Morgan fingerprint density at radius 1 is 1.44 bits per heavy atom. The van der Waals surface area contributed by atoms with E-state index in [-0.39, 0.29) is 18.7 Å². The van der Waals surface area contributed by atoms with Crippen molar-refractivity contribution in [1.82, 2.24) is 15.1 Å². The normalized spacial score (nSPS) is 16.7. The van der Waals surface area contributed by atoms with Crippen molar-refractivity contribution >= 4 is 21.6 Å². The molecule has 6 nitrogen and oxygen atoms in total. The molecular formula is C11H17BrN4O2. The molecule has 1 aliphatic rings. The predicted molar refractivity (Wildman–Crippen MR) is 73.0 cm³/mol. The number of aliphatic hydroxyl groups is 1. The van der Waals surface area contributed by atoms with E-state index in [0.29, 0.717) is 4.47 Å². The third-order valence-electron chi connectivity index (χ3n) is 2.96. The summed E-state index contributed by atoms with van der Waals surface area (Å²) < 4.78 is 1.79. The van der Waals surface area contributed by atoms with Crippen LogP contribution in [0.5, 0.6) is 0 Å². The lowest BCUT2D eigenvalue weighted by atomic mass is 10.3.